The van der Waals surface area contributed by atoms with Crippen molar-refractivity contribution in [2.24, 2.45) is 5.92 Å². The van der Waals surface area contributed by atoms with E-state index in [0.717, 1.165) is 19.5 Å². The maximum absolute atomic E-state index is 13.5. The predicted octanol–water partition coefficient (Wildman–Crippen LogP) is 3.54. The zero-order valence-corrected chi connectivity index (χ0v) is 19.8. The van der Waals surface area contributed by atoms with Crippen LogP contribution in [0, 0.1) is 5.92 Å². The number of nitrogens with zero attached hydrogens (tertiary/aromatic N) is 3. The summed E-state index contributed by atoms with van der Waals surface area (Å²) in [5, 5.41) is 3.48. The first-order valence-corrected chi connectivity index (χ1v) is 11.6. The Bertz CT molecular complexity index is 765. The molecule has 8 heteroatoms. The van der Waals surface area contributed by atoms with E-state index in [9.17, 15) is 9.59 Å². The van der Waals surface area contributed by atoms with Crippen LogP contribution >= 0.6 is 11.6 Å². The minimum Gasteiger partial charge on any atom is -0.373 e. The van der Waals surface area contributed by atoms with Crippen LogP contribution in [-0.4, -0.2) is 84.2 Å². The second-order valence-electron chi connectivity index (χ2n) is 9.01. The molecule has 3 unspecified atom stereocenters. The van der Waals surface area contributed by atoms with Gasteiger partial charge >= 0.3 is 6.03 Å². The number of carbonyl (C=O) groups is 2. The summed E-state index contributed by atoms with van der Waals surface area (Å²) >= 11 is 6.01. The van der Waals surface area contributed by atoms with E-state index < -0.39 is 0 Å². The number of rotatable bonds is 4. The first kappa shape index (κ1) is 23.8. The molecule has 0 aliphatic carbocycles. The van der Waals surface area contributed by atoms with Gasteiger partial charge in [-0.2, -0.15) is 0 Å². The Labute approximate surface area is 190 Å². The summed E-state index contributed by atoms with van der Waals surface area (Å²) in [5.41, 5.74) is 0.671. The van der Waals surface area contributed by atoms with E-state index in [0.29, 0.717) is 36.9 Å². The molecule has 0 bridgehead atoms. The summed E-state index contributed by atoms with van der Waals surface area (Å²) in [6, 6.07) is 6.79. The molecule has 172 valence electrons. The van der Waals surface area contributed by atoms with Crippen LogP contribution in [0.4, 0.5) is 10.5 Å². The molecule has 0 aromatic heterocycles. The Morgan fingerprint density at radius 2 is 1.71 bits per heavy atom. The van der Waals surface area contributed by atoms with Crippen molar-refractivity contribution in [3.63, 3.8) is 0 Å². The van der Waals surface area contributed by atoms with Crippen molar-refractivity contribution < 1.29 is 14.3 Å². The maximum Gasteiger partial charge on any atom is 0.321 e. The zero-order chi connectivity index (χ0) is 22.5. The third kappa shape index (κ3) is 6.34. The third-order valence-electron chi connectivity index (χ3n) is 5.90. The number of ether oxygens (including phenoxy) is 1. The summed E-state index contributed by atoms with van der Waals surface area (Å²) in [7, 11) is 0. The summed E-state index contributed by atoms with van der Waals surface area (Å²) in [4.78, 5) is 32.2. The smallest absolute Gasteiger partial charge is 0.321 e. The molecule has 3 atom stereocenters. The maximum atomic E-state index is 13.5. The standard InChI is InChI=1S/C23H35ClN4O3/c1-16(2)21(28-14-17(3)31-18(4)15-28)22(29)26-9-6-10-27(12-11-26)23(30)25-20-8-5-7-19(24)13-20/h5,7-8,13,16-18,21H,6,9-12,14-15H2,1-4H3,(H,25,30). The van der Waals surface area contributed by atoms with Gasteiger partial charge in [0.05, 0.1) is 18.2 Å². The van der Waals surface area contributed by atoms with E-state index in [1.807, 2.05) is 11.0 Å². The molecule has 2 aliphatic heterocycles. The molecule has 0 saturated carbocycles. The zero-order valence-electron chi connectivity index (χ0n) is 19.0. The summed E-state index contributed by atoms with van der Waals surface area (Å²) in [6.45, 7) is 12.2. The van der Waals surface area contributed by atoms with Crippen molar-refractivity contribution in [1.82, 2.24) is 14.7 Å². The molecule has 2 aliphatic rings. The highest BCUT2D eigenvalue weighted by molar-refractivity contribution is 6.30. The second kappa shape index (κ2) is 10.7. The van der Waals surface area contributed by atoms with Gasteiger partial charge in [-0.05, 0) is 44.4 Å². The van der Waals surface area contributed by atoms with Crippen molar-refractivity contribution in [3.05, 3.63) is 29.3 Å². The fourth-order valence-electron chi connectivity index (χ4n) is 4.60. The van der Waals surface area contributed by atoms with Crippen LogP contribution in [0.25, 0.3) is 0 Å². The first-order valence-electron chi connectivity index (χ1n) is 11.2. The van der Waals surface area contributed by atoms with E-state index in [1.165, 1.54) is 0 Å². The monoisotopic (exact) mass is 450 g/mol. The van der Waals surface area contributed by atoms with E-state index in [4.69, 9.17) is 16.3 Å². The minimum atomic E-state index is -0.166. The van der Waals surface area contributed by atoms with E-state index in [-0.39, 0.29) is 36.1 Å². The molecule has 0 spiro atoms. The first-order chi connectivity index (χ1) is 14.7. The second-order valence-corrected chi connectivity index (χ2v) is 9.44. The van der Waals surface area contributed by atoms with Crippen molar-refractivity contribution in [1.29, 1.82) is 0 Å². The lowest BCUT2D eigenvalue weighted by Gasteiger charge is -2.42. The van der Waals surface area contributed by atoms with Crippen molar-refractivity contribution in [3.8, 4) is 0 Å². The summed E-state index contributed by atoms with van der Waals surface area (Å²) in [5.74, 6) is 0.365. The fraction of sp³-hybridized carbons (Fsp3) is 0.652. The average Bonchev–Trinajstić information content (AvgIpc) is 2.93. The highest BCUT2D eigenvalue weighted by Gasteiger charge is 2.37. The number of anilines is 1. The number of hydrogen-bond acceptors (Lipinski definition) is 4. The lowest BCUT2D eigenvalue weighted by Crippen LogP contribution is -2.58. The van der Waals surface area contributed by atoms with Crippen LogP contribution in [0.2, 0.25) is 5.02 Å². The summed E-state index contributed by atoms with van der Waals surface area (Å²) in [6.07, 6.45) is 0.996. The lowest BCUT2D eigenvalue weighted by atomic mass is 9.99. The molecule has 2 saturated heterocycles. The largest absolute Gasteiger partial charge is 0.373 e. The van der Waals surface area contributed by atoms with Gasteiger partial charge in [-0.25, -0.2) is 4.79 Å². The van der Waals surface area contributed by atoms with Crippen LogP contribution in [0.15, 0.2) is 24.3 Å². The molecule has 7 nitrogen and oxygen atoms in total. The molecule has 1 N–H and O–H groups in total. The number of benzene rings is 1. The van der Waals surface area contributed by atoms with Crippen LogP contribution in [0.3, 0.4) is 0 Å². The SMILES string of the molecule is CC1CN(C(C(=O)N2CCCN(C(=O)Nc3cccc(Cl)c3)CC2)C(C)C)CC(C)O1. The number of hydrogen-bond donors (Lipinski definition) is 1. The van der Waals surface area contributed by atoms with E-state index in [2.05, 4.69) is 37.9 Å². The Kier molecular flexibility index (Phi) is 8.19. The van der Waals surface area contributed by atoms with E-state index in [1.54, 1.807) is 23.1 Å². The summed E-state index contributed by atoms with van der Waals surface area (Å²) < 4.78 is 5.86. The molecule has 0 radical (unpaired) electrons. The van der Waals surface area contributed by atoms with Crippen LogP contribution in [0.5, 0.6) is 0 Å². The highest BCUT2D eigenvalue weighted by Crippen LogP contribution is 2.21. The third-order valence-corrected chi connectivity index (χ3v) is 6.13. The molecule has 3 amide bonds. The van der Waals surface area contributed by atoms with Crippen LogP contribution in [-0.2, 0) is 9.53 Å². The van der Waals surface area contributed by atoms with Gasteiger partial charge in [0.1, 0.15) is 0 Å². The number of carbonyl (C=O) groups excluding carboxylic acids is 2. The Morgan fingerprint density at radius 1 is 1.06 bits per heavy atom. The average molecular weight is 451 g/mol. The number of urea groups is 1. The van der Waals surface area contributed by atoms with Gasteiger partial charge in [-0.15, -0.1) is 0 Å². The number of amides is 3. The van der Waals surface area contributed by atoms with Gasteiger partial charge in [-0.1, -0.05) is 31.5 Å². The van der Waals surface area contributed by atoms with Crippen molar-refractivity contribution in [2.45, 2.75) is 52.4 Å². The lowest BCUT2D eigenvalue weighted by molar-refractivity contribution is -0.145. The van der Waals surface area contributed by atoms with Gasteiger partial charge in [0.15, 0.2) is 0 Å². The molecule has 2 heterocycles. The molecule has 1 aromatic rings. The van der Waals surface area contributed by atoms with Gasteiger partial charge in [0.25, 0.3) is 0 Å². The quantitative estimate of drug-likeness (QED) is 0.762. The van der Waals surface area contributed by atoms with Gasteiger partial charge in [0.2, 0.25) is 5.91 Å². The molecular formula is C23H35ClN4O3. The highest BCUT2D eigenvalue weighted by atomic mass is 35.5. The van der Waals surface area contributed by atoms with Gasteiger partial charge in [0, 0.05) is 50.0 Å². The van der Waals surface area contributed by atoms with Gasteiger partial charge < -0.3 is 19.9 Å². The molecule has 31 heavy (non-hydrogen) atoms. The molecule has 3 rings (SSSR count). The topological polar surface area (TPSA) is 65.1 Å². The van der Waals surface area contributed by atoms with Crippen molar-refractivity contribution in [2.75, 3.05) is 44.6 Å². The number of nitrogens with one attached hydrogen (secondary N) is 1. The Balaban J connectivity index is 1.61. The number of halogens is 1. The van der Waals surface area contributed by atoms with Crippen LogP contribution in [0.1, 0.15) is 34.1 Å². The van der Waals surface area contributed by atoms with Crippen LogP contribution < -0.4 is 5.32 Å². The normalized spacial score (nSPS) is 24.1. The van der Waals surface area contributed by atoms with Crippen molar-refractivity contribution >= 4 is 29.2 Å². The number of morpholine rings is 1. The molecule has 1 aromatic carbocycles. The Hall–Kier alpha value is -1.83. The molecule has 2 fully saturated rings. The van der Waals surface area contributed by atoms with Gasteiger partial charge in [-0.3, -0.25) is 9.69 Å². The minimum absolute atomic E-state index is 0.118. The fourth-order valence-corrected chi connectivity index (χ4v) is 4.79. The molecular weight excluding hydrogens is 416 g/mol. The van der Waals surface area contributed by atoms with E-state index >= 15 is 0 Å². The predicted molar refractivity (Wildman–Crippen MR) is 123 cm³/mol. The Morgan fingerprint density at radius 3 is 2.35 bits per heavy atom.